The number of thiophene rings is 1. The Morgan fingerprint density at radius 1 is 1.60 bits per heavy atom. The van der Waals surface area contributed by atoms with Crippen LogP contribution in [0.4, 0.5) is 0 Å². The molecular formula is C10H11N3OS. The number of hydrogen-bond acceptors (Lipinski definition) is 4. The minimum absolute atomic E-state index is 0.00815. The standard InChI is InChI=1S/C10H11N3OS/c1-3-13-9(5-11-12-13)10(14)8-4-7(2)15-6-8/h4-6H,3H2,1-2H3. The molecule has 15 heavy (non-hydrogen) atoms. The maximum Gasteiger partial charge on any atom is 0.213 e. The third kappa shape index (κ3) is 1.83. The largest absolute Gasteiger partial charge is 0.287 e. The number of rotatable bonds is 3. The van der Waals surface area contributed by atoms with Gasteiger partial charge in [0.1, 0.15) is 5.69 Å². The minimum atomic E-state index is -0.00815. The van der Waals surface area contributed by atoms with E-state index in [1.54, 1.807) is 16.0 Å². The molecule has 0 saturated heterocycles. The van der Waals surface area contributed by atoms with Crippen LogP contribution in [0.5, 0.6) is 0 Å². The Morgan fingerprint density at radius 2 is 2.40 bits per heavy atom. The lowest BCUT2D eigenvalue weighted by Crippen LogP contribution is -2.09. The molecule has 0 aliphatic carbocycles. The summed E-state index contributed by atoms with van der Waals surface area (Å²) in [6.07, 6.45) is 1.51. The van der Waals surface area contributed by atoms with Crippen molar-refractivity contribution in [2.24, 2.45) is 0 Å². The number of carbonyl (C=O) groups excluding carboxylic acids is 1. The lowest BCUT2D eigenvalue weighted by molar-refractivity contribution is 0.102. The second-order valence-electron chi connectivity index (χ2n) is 3.21. The summed E-state index contributed by atoms with van der Waals surface area (Å²) in [7, 11) is 0. The second kappa shape index (κ2) is 3.94. The van der Waals surface area contributed by atoms with Crippen molar-refractivity contribution in [1.82, 2.24) is 15.0 Å². The molecule has 0 spiro atoms. The molecule has 0 amide bonds. The molecule has 0 aromatic carbocycles. The first-order chi connectivity index (χ1) is 7.22. The molecule has 0 bridgehead atoms. The van der Waals surface area contributed by atoms with Gasteiger partial charge in [-0.3, -0.25) is 4.79 Å². The van der Waals surface area contributed by atoms with E-state index in [0.717, 1.165) is 10.4 Å². The Bertz CT molecular complexity index is 486. The molecule has 4 nitrogen and oxygen atoms in total. The highest BCUT2D eigenvalue weighted by molar-refractivity contribution is 7.10. The summed E-state index contributed by atoms with van der Waals surface area (Å²) in [6, 6.07) is 1.89. The molecular weight excluding hydrogens is 210 g/mol. The van der Waals surface area contributed by atoms with E-state index in [2.05, 4.69) is 10.3 Å². The van der Waals surface area contributed by atoms with E-state index in [1.165, 1.54) is 6.20 Å². The van der Waals surface area contributed by atoms with E-state index in [0.29, 0.717) is 12.2 Å². The van der Waals surface area contributed by atoms with Crippen LogP contribution in [0.2, 0.25) is 0 Å². The van der Waals surface area contributed by atoms with Gasteiger partial charge in [-0.1, -0.05) is 5.21 Å². The van der Waals surface area contributed by atoms with E-state index in [4.69, 9.17) is 0 Å². The zero-order valence-electron chi connectivity index (χ0n) is 8.60. The van der Waals surface area contributed by atoms with Gasteiger partial charge in [0.25, 0.3) is 0 Å². The molecule has 0 aliphatic rings. The number of hydrogen-bond donors (Lipinski definition) is 0. The van der Waals surface area contributed by atoms with Gasteiger partial charge in [0.15, 0.2) is 0 Å². The number of ketones is 1. The van der Waals surface area contributed by atoms with Crippen molar-refractivity contribution < 1.29 is 4.79 Å². The SMILES string of the molecule is CCn1nncc1C(=O)c1csc(C)c1. The van der Waals surface area contributed by atoms with E-state index in [1.807, 2.05) is 25.3 Å². The van der Waals surface area contributed by atoms with E-state index in [9.17, 15) is 4.79 Å². The molecule has 2 aromatic heterocycles. The summed E-state index contributed by atoms with van der Waals surface area (Å²) < 4.78 is 1.61. The van der Waals surface area contributed by atoms with Gasteiger partial charge in [-0.05, 0) is 19.9 Å². The van der Waals surface area contributed by atoms with Crippen molar-refractivity contribution in [1.29, 1.82) is 0 Å². The van der Waals surface area contributed by atoms with Crippen LogP contribution in [0.25, 0.3) is 0 Å². The fourth-order valence-corrected chi connectivity index (χ4v) is 2.06. The van der Waals surface area contributed by atoms with Crippen LogP contribution in [0.15, 0.2) is 17.6 Å². The molecule has 0 radical (unpaired) electrons. The van der Waals surface area contributed by atoms with Gasteiger partial charge in [-0.2, -0.15) is 0 Å². The Morgan fingerprint density at radius 3 is 3.00 bits per heavy atom. The first-order valence-electron chi connectivity index (χ1n) is 4.70. The zero-order valence-corrected chi connectivity index (χ0v) is 9.41. The lowest BCUT2D eigenvalue weighted by Gasteiger charge is -1.99. The summed E-state index contributed by atoms with van der Waals surface area (Å²) in [4.78, 5) is 13.1. The maximum absolute atomic E-state index is 12.0. The molecule has 0 aliphatic heterocycles. The van der Waals surface area contributed by atoms with Crippen LogP contribution in [0.1, 0.15) is 27.9 Å². The molecule has 2 rings (SSSR count). The predicted molar refractivity (Wildman–Crippen MR) is 58.2 cm³/mol. The monoisotopic (exact) mass is 221 g/mol. The highest BCUT2D eigenvalue weighted by Crippen LogP contribution is 2.16. The Kier molecular flexibility index (Phi) is 2.64. The molecule has 5 heteroatoms. The van der Waals surface area contributed by atoms with Crippen molar-refractivity contribution >= 4 is 17.1 Å². The van der Waals surface area contributed by atoms with Crippen molar-refractivity contribution in [3.63, 3.8) is 0 Å². The van der Waals surface area contributed by atoms with Gasteiger partial charge in [0.2, 0.25) is 5.78 Å². The fourth-order valence-electron chi connectivity index (χ4n) is 1.38. The zero-order chi connectivity index (χ0) is 10.8. The molecule has 0 N–H and O–H groups in total. The van der Waals surface area contributed by atoms with Crippen molar-refractivity contribution in [2.75, 3.05) is 0 Å². The van der Waals surface area contributed by atoms with Gasteiger partial charge in [-0.15, -0.1) is 16.4 Å². The summed E-state index contributed by atoms with van der Waals surface area (Å²) in [6.45, 7) is 4.57. The summed E-state index contributed by atoms with van der Waals surface area (Å²) in [5, 5.41) is 9.44. The van der Waals surface area contributed by atoms with Gasteiger partial charge in [0.05, 0.1) is 6.20 Å². The average Bonchev–Trinajstić information content (AvgIpc) is 2.84. The van der Waals surface area contributed by atoms with Crippen molar-refractivity contribution in [3.8, 4) is 0 Å². The van der Waals surface area contributed by atoms with Crippen LogP contribution < -0.4 is 0 Å². The molecule has 2 aromatic rings. The number of aryl methyl sites for hydroxylation is 2. The number of nitrogens with zero attached hydrogens (tertiary/aromatic N) is 3. The van der Waals surface area contributed by atoms with Crippen molar-refractivity contribution in [3.05, 3.63) is 33.8 Å². The molecule has 0 unspecified atom stereocenters. The second-order valence-corrected chi connectivity index (χ2v) is 4.33. The van der Waals surface area contributed by atoms with Crippen LogP contribution >= 0.6 is 11.3 Å². The predicted octanol–water partition coefficient (Wildman–Crippen LogP) is 1.90. The van der Waals surface area contributed by atoms with Gasteiger partial charge in [0, 0.05) is 22.4 Å². The molecule has 0 fully saturated rings. The van der Waals surface area contributed by atoms with Gasteiger partial charge < -0.3 is 0 Å². The number of carbonyl (C=O) groups is 1. The van der Waals surface area contributed by atoms with Gasteiger partial charge >= 0.3 is 0 Å². The van der Waals surface area contributed by atoms with E-state index < -0.39 is 0 Å². The Balaban J connectivity index is 2.36. The minimum Gasteiger partial charge on any atom is -0.287 e. The first kappa shape index (κ1) is 10.0. The highest BCUT2D eigenvalue weighted by Gasteiger charge is 2.15. The van der Waals surface area contributed by atoms with Gasteiger partial charge in [-0.25, -0.2) is 4.68 Å². The summed E-state index contributed by atoms with van der Waals surface area (Å²) in [5.41, 5.74) is 1.27. The average molecular weight is 221 g/mol. The first-order valence-corrected chi connectivity index (χ1v) is 5.58. The molecule has 2 heterocycles. The Hall–Kier alpha value is -1.49. The maximum atomic E-state index is 12.0. The third-order valence-electron chi connectivity index (χ3n) is 2.14. The smallest absolute Gasteiger partial charge is 0.213 e. The summed E-state index contributed by atoms with van der Waals surface area (Å²) in [5.74, 6) is -0.00815. The fraction of sp³-hybridized carbons (Fsp3) is 0.300. The van der Waals surface area contributed by atoms with Crippen LogP contribution in [-0.4, -0.2) is 20.8 Å². The van der Waals surface area contributed by atoms with E-state index >= 15 is 0 Å². The van der Waals surface area contributed by atoms with E-state index in [-0.39, 0.29) is 5.78 Å². The van der Waals surface area contributed by atoms with Crippen LogP contribution in [0, 0.1) is 6.92 Å². The summed E-state index contributed by atoms with van der Waals surface area (Å²) >= 11 is 1.57. The number of aromatic nitrogens is 3. The third-order valence-corrected chi connectivity index (χ3v) is 3.00. The Labute approximate surface area is 91.5 Å². The topological polar surface area (TPSA) is 47.8 Å². The lowest BCUT2D eigenvalue weighted by atomic mass is 10.1. The quantitative estimate of drug-likeness (QED) is 0.744. The molecule has 0 saturated carbocycles. The molecule has 0 atom stereocenters. The highest BCUT2D eigenvalue weighted by atomic mass is 32.1. The molecule has 78 valence electrons. The van der Waals surface area contributed by atoms with Crippen LogP contribution in [0.3, 0.4) is 0 Å². The normalized spacial score (nSPS) is 10.5. The van der Waals surface area contributed by atoms with Crippen LogP contribution in [-0.2, 0) is 6.54 Å². The van der Waals surface area contributed by atoms with Crippen molar-refractivity contribution in [2.45, 2.75) is 20.4 Å².